The molecule has 1 fully saturated rings. The molecule has 25 heavy (non-hydrogen) atoms. The summed E-state index contributed by atoms with van der Waals surface area (Å²) in [4.78, 5) is 12.4. The second kappa shape index (κ2) is 9.17. The number of carbonyl (C=O) groups is 1. The third kappa shape index (κ3) is 5.17. The van der Waals surface area contributed by atoms with E-state index in [0.29, 0.717) is 44.9 Å². The van der Waals surface area contributed by atoms with Crippen LogP contribution in [0.5, 0.6) is 5.75 Å². The number of nitrogens with one attached hydrogen (secondary N) is 1. The zero-order chi connectivity index (χ0) is 18.3. The minimum absolute atomic E-state index is 0.122. The van der Waals surface area contributed by atoms with Crippen molar-refractivity contribution in [3.63, 3.8) is 0 Å². The molecule has 0 bridgehead atoms. The van der Waals surface area contributed by atoms with E-state index in [4.69, 9.17) is 9.47 Å². The molecule has 0 saturated carbocycles. The van der Waals surface area contributed by atoms with E-state index in [0.717, 1.165) is 0 Å². The lowest BCUT2D eigenvalue weighted by atomic mass is 9.99. The van der Waals surface area contributed by atoms with Crippen molar-refractivity contribution in [2.24, 2.45) is 5.92 Å². The van der Waals surface area contributed by atoms with Crippen molar-refractivity contribution >= 4 is 15.9 Å². The zero-order valence-corrected chi connectivity index (χ0v) is 15.5. The van der Waals surface area contributed by atoms with E-state index in [-0.39, 0.29) is 23.3 Å². The predicted molar refractivity (Wildman–Crippen MR) is 94.0 cm³/mol. The summed E-state index contributed by atoms with van der Waals surface area (Å²) in [5, 5.41) is 2.78. The molecule has 1 aromatic carbocycles. The highest BCUT2D eigenvalue weighted by molar-refractivity contribution is 7.89. The van der Waals surface area contributed by atoms with Crippen LogP contribution in [0, 0.1) is 5.92 Å². The van der Waals surface area contributed by atoms with Crippen LogP contribution < -0.4 is 10.1 Å². The minimum Gasteiger partial charge on any atom is -0.494 e. The monoisotopic (exact) mass is 370 g/mol. The molecule has 8 heteroatoms. The number of benzene rings is 1. The molecular formula is C17H26N2O5S. The van der Waals surface area contributed by atoms with Gasteiger partial charge in [-0.1, -0.05) is 0 Å². The predicted octanol–water partition coefficient (Wildman–Crippen LogP) is 1.25. The van der Waals surface area contributed by atoms with Crippen molar-refractivity contribution < 1.29 is 22.7 Å². The lowest BCUT2D eigenvalue weighted by Gasteiger charge is -2.31. The summed E-state index contributed by atoms with van der Waals surface area (Å²) in [5.41, 5.74) is 0. The molecular weight excluding hydrogens is 344 g/mol. The van der Waals surface area contributed by atoms with Crippen molar-refractivity contribution in [2.75, 3.05) is 40.0 Å². The van der Waals surface area contributed by atoms with Crippen molar-refractivity contribution in [1.29, 1.82) is 0 Å². The maximum absolute atomic E-state index is 12.8. The highest BCUT2D eigenvalue weighted by Gasteiger charge is 2.33. The fraction of sp³-hybridized carbons (Fsp3) is 0.588. The van der Waals surface area contributed by atoms with E-state index in [2.05, 4.69) is 5.32 Å². The second-order valence-corrected chi connectivity index (χ2v) is 7.83. The fourth-order valence-corrected chi connectivity index (χ4v) is 4.34. The molecule has 1 aliphatic rings. The molecule has 0 aliphatic carbocycles. The third-order valence-electron chi connectivity index (χ3n) is 4.13. The Morgan fingerprint density at radius 2 is 2.04 bits per heavy atom. The van der Waals surface area contributed by atoms with Crippen LogP contribution in [0.3, 0.4) is 0 Å². The van der Waals surface area contributed by atoms with Gasteiger partial charge in [-0.3, -0.25) is 4.79 Å². The number of ether oxygens (including phenoxy) is 2. The average Bonchev–Trinajstić information content (AvgIpc) is 2.63. The van der Waals surface area contributed by atoms with Gasteiger partial charge >= 0.3 is 0 Å². The van der Waals surface area contributed by atoms with E-state index < -0.39 is 10.0 Å². The SMILES string of the molecule is CCOc1ccc(S(=O)(=O)N2CCCC(C(=O)NCCOC)C2)cc1. The summed E-state index contributed by atoms with van der Waals surface area (Å²) >= 11 is 0. The molecule has 1 saturated heterocycles. The number of hydrogen-bond acceptors (Lipinski definition) is 5. The average molecular weight is 370 g/mol. The Labute approximate surface area is 149 Å². The molecule has 1 N–H and O–H groups in total. The summed E-state index contributed by atoms with van der Waals surface area (Å²) in [6.07, 6.45) is 1.35. The van der Waals surface area contributed by atoms with E-state index in [9.17, 15) is 13.2 Å². The van der Waals surface area contributed by atoms with Crippen LogP contribution in [0.25, 0.3) is 0 Å². The number of amides is 1. The topological polar surface area (TPSA) is 84.9 Å². The van der Waals surface area contributed by atoms with Crippen molar-refractivity contribution in [1.82, 2.24) is 9.62 Å². The maximum atomic E-state index is 12.8. The fourth-order valence-electron chi connectivity index (χ4n) is 2.82. The van der Waals surface area contributed by atoms with Crippen LogP contribution in [-0.4, -0.2) is 58.6 Å². The van der Waals surface area contributed by atoms with Gasteiger partial charge in [0.05, 0.1) is 24.0 Å². The molecule has 0 aromatic heterocycles. The van der Waals surface area contributed by atoms with E-state index in [1.807, 2.05) is 6.92 Å². The van der Waals surface area contributed by atoms with Gasteiger partial charge in [0.15, 0.2) is 0 Å². The van der Waals surface area contributed by atoms with Gasteiger partial charge in [-0.15, -0.1) is 0 Å². The van der Waals surface area contributed by atoms with Crippen molar-refractivity contribution in [3.05, 3.63) is 24.3 Å². The summed E-state index contributed by atoms with van der Waals surface area (Å²) < 4.78 is 37.3. The number of hydrogen-bond donors (Lipinski definition) is 1. The lowest BCUT2D eigenvalue weighted by Crippen LogP contribution is -2.45. The molecule has 1 aromatic rings. The van der Waals surface area contributed by atoms with Gasteiger partial charge in [0.25, 0.3) is 0 Å². The van der Waals surface area contributed by atoms with Crippen LogP contribution in [0.15, 0.2) is 29.2 Å². The highest BCUT2D eigenvalue weighted by atomic mass is 32.2. The first-order valence-corrected chi connectivity index (χ1v) is 9.92. The zero-order valence-electron chi connectivity index (χ0n) is 14.7. The molecule has 0 radical (unpaired) electrons. The standard InChI is InChI=1S/C17H26N2O5S/c1-3-24-15-6-8-16(9-7-15)25(21,22)19-11-4-5-14(13-19)17(20)18-10-12-23-2/h6-9,14H,3-5,10-13H2,1-2H3,(H,18,20). The summed E-state index contributed by atoms with van der Waals surface area (Å²) in [6, 6.07) is 6.38. The van der Waals surface area contributed by atoms with Crippen LogP contribution >= 0.6 is 0 Å². The smallest absolute Gasteiger partial charge is 0.243 e. The molecule has 140 valence electrons. The molecule has 7 nitrogen and oxygen atoms in total. The Bertz CT molecular complexity index is 660. The van der Waals surface area contributed by atoms with Gasteiger partial charge in [0.2, 0.25) is 15.9 Å². The molecule has 1 heterocycles. The minimum atomic E-state index is -3.61. The molecule has 1 amide bonds. The number of rotatable bonds is 8. The number of sulfonamides is 1. The van der Waals surface area contributed by atoms with Crippen LogP contribution in [-0.2, 0) is 19.6 Å². The lowest BCUT2D eigenvalue weighted by molar-refractivity contribution is -0.126. The highest BCUT2D eigenvalue weighted by Crippen LogP contribution is 2.25. The van der Waals surface area contributed by atoms with Gasteiger partial charge in [-0.2, -0.15) is 4.31 Å². The maximum Gasteiger partial charge on any atom is 0.243 e. The van der Waals surface area contributed by atoms with E-state index >= 15 is 0 Å². The Balaban J connectivity index is 2.04. The summed E-state index contributed by atoms with van der Waals surface area (Å²) in [6.45, 7) is 3.89. The summed E-state index contributed by atoms with van der Waals surface area (Å²) in [7, 11) is -2.04. The van der Waals surface area contributed by atoms with Gasteiger partial charge in [-0.25, -0.2) is 8.42 Å². The molecule has 1 unspecified atom stereocenters. The van der Waals surface area contributed by atoms with Crippen LogP contribution in [0.2, 0.25) is 0 Å². The number of piperidine rings is 1. The van der Waals surface area contributed by atoms with Gasteiger partial charge < -0.3 is 14.8 Å². The molecule has 1 atom stereocenters. The third-order valence-corrected chi connectivity index (χ3v) is 6.01. The first-order chi connectivity index (χ1) is 12.0. The number of nitrogens with zero attached hydrogens (tertiary/aromatic N) is 1. The van der Waals surface area contributed by atoms with Gasteiger partial charge in [-0.05, 0) is 44.0 Å². The Morgan fingerprint density at radius 3 is 2.68 bits per heavy atom. The summed E-state index contributed by atoms with van der Waals surface area (Å²) in [5.74, 6) is 0.183. The van der Waals surface area contributed by atoms with E-state index in [1.54, 1.807) is 31.4 Å². The molecule has 1 aliphatic heterocycles. The largest absolute Gasteiger partial charge is 0.494 e. The van der Waals surface area contributed by atoms with Crippen molar-refractivity contribution in [3.8, 4) is 5.75 Å². The van der Waals surface area contributed by atoms with Crippen LogP contribution in [0.4, 0.5) is 0 Å². The first kappa shape index (κ1) is 19.7. The first-order valence-electron chi connectivity index (χ1n) is 8.48. The molecule has 2 rings (SSSR count). The van der Waals surface area contributed by atoms with Gasteiger partial charge in [0.1, 0.15) is 5.75 Å². The Morgan fingerprint density at radius 1 is 1.32 bits per heavy atom. The quantitative estimate of drug-likeness (QED) is 0.696. The Kier molecular flexibility index (Phi) is 7.22. The van der Waals surface area contributed by atoms with Crippen molar-refractivity contribution in [2.45, 2.75) is 24.7 Å². The number of carbonyl (C=O) groups excluding carboxylic acids is 1. The normalized spacial score (nSPS) is 18.7. The second-order valence-electron chi connectivity index (χ2n) is 5.89. The number of methoxy groups -OCH3 is 1. The molecule has 0 spiro atoms. The van der Waals surface area contributed by atoms with E-state index in [1.165, 1.54) is 4.31 Å². The van der Waals surface area contributed by atoms with Crippen LogP contribution in [0.1, 0.15) is 19.8 Å². The van der Waals surface area contributed by atoms with Gasteiger partial charge in [0, 0.05) is 26.7 Å². The Hall–Kier alpha value is -1.64.